The van der Waals surface area contributed by atoms with Gasteiger partial charge in [0.2, 0.25) is 0 Å². The molecule has 2 aliphatic heterocycles. The first-order chi connectivity index (χ1) is 6.89. The van der Waals surface area contributed by atoms with Gasteiger partial charge >= 0.3 is 0 Å². The Morgan fingerprint density at radius 3 is 2.60 bits per heavy atom. The molecule has 3 unspecified atom stereocenters. The maximum atomic E-state index is 11.2. The van der Waals surface area contributed by atoms with Gasteiger partial charge < -0.3 is 9.90 Å². The van der Waals surface area contributed by atoms with Gasteiger partial charge in [0, 0.05) is 18.6 Å². The molecule has 2 heterocycles. The maximum Gasteiger partial charge on any atom is 0.0649 e. The summed E-state index contributed by atoms with van der Waals surface area (Å²) in [5, 5.41) is 15.3. The highest BCUT2D eigenvalue weighted by molar-refractivity contribution is 5.71. The van der Waals surface area contributed by atoms with Crippen molar-refractivity contribution in [2.45, 2.75) is 45.2 Å². The maximum absolute atomic E-state index is 11.2. The molecule has 0 aromatic rings. The summed E-state index contributed by atoms with van der Waals surface area (Å²) in [7, 11) is 0. The Bertz CT molecular complexity index is 272. The summed E-state index contributed by atoms with van der Waals surface area (Å²) in [5.74, 6) is -0.381. The van der Waals surface area contributed by atoms with Crippen molar-refractivity contribution >= 4 is 5.97 Å². The van der Waals surface area contributed by atoms with Crippen LogP contribution in [0.2, 0.25) is 0 Å². The lowest BCUT2D eigenvalue weighted by Gasteiger charge is -2.50. The van der Waals surface area contributed by atoms with E-state index in [9.17, 15) is 9.90 Å². The lowest BCUT2D eigenvalue weighted by atomic mass is 9.94. The number of carbonyl (C=O) groups is 1. The molecule has 0 saturated carbocycles. The van der Waals surface area contributed by atoms with Gasteiger partial charge in [0.15, 0.2) is 0 Å². The first kappa shape index (κ1) is 10.9. The van der Waals surface area contributed by atoms with E-state index in [2.05, 4.69) is 25.8 Å². The number of carboxylic acid groups (broad SMARTS) is 1. The molecule has 2 bridgehead atoms. The predicted molar refractivity (Wildman–Crippen MR) is 54.7 cm³/mol. The number of fused-ring (bicyclic) bond motifs is 2. The van der Waals surface area contributed by atoms with Crippen molar-refractivity contribution in [3.8, 4) is 0 Å². The number of rotatable bonds is 1. The third kappa shape index (κ3) is 1.88. The molecule has 4 heteroatoms. The number of aliphatic carboxylic acids is 1. The van der Waals surface area contributed by atoms with E-state index in [1.807, 2.05) is 5.01 Å². The first-order valence-electron chi connectivity index (χ1n) is 5.64. The van der Waals surface area contributed by atoms with Crippen LogP contribution in [0.5, 0.6) is 0 Å². The zero-order chi connectivity index (χ0) is 11.2. The minimum Gasteiger partial charge on any atom is -0.548 e. The van der Waals surface area contributed by atoms with Gasteiger partial charge in [-0.15, -0.1) is 0 Å². The SMILES string of the molecule is CC(C)(C)N1C(C(=O)[O-])CC2CCN1C2. The summed E-state index contributed by atoms with van der Waals surface area (Å²) in [6.45, 7) is 8.18. The quantitative estimate of drug-likeness (QED) is 0.605. The molecule has 0 spiro atoms. The topological polar surface area (TPSA) is 46.6 Å². The Hall–Kier alpha value is -0.610. The lowest BCUT2D eigenvalue weighted by Crippen LogP contribution is -2.64. The summed E-state index contributed by atoms with van der Waals surface area (Å²) >= 11 is 0. The molecule has 2 fully saturated rings. The molecule has 0 aromatic carbocycles. The van der Waals surface area contributed by atoms with Gasteiger partial charge in [0.1, 0.15) is 0 Å². The van der Waals surface area contributed by atoms with Gasteiger partial charge in [0.05, 0.1) is 12.0 Å². The van der Waals surface area contributed by atoms with Crippen LogP contribution in [0.4, 0.5) is 0 Å². The molecule has 0 radical (unpaired) electrons. The molecule has 2 aliphatic rings. The number of carbonyl (C=O) groups excluding carboxylic acids is 1. The Labute approximate surface area is 90.8 Å². The van der Waals surface area contributed by atoms with Crippen LogP contribution in [0.3, 0.4) is 0 Å². The number of hydrogen-bond donors (Lipinski definition) is 0. The molecule has 0 aromatic heterocycles. The molecule has 2 saturated heterocycles. The average Bonchev–Trinajstić information content (AvgIpc) is 2.44. The Kier molecular flexibility index (Phi) is 2.51. The van der Waals surface area contributed by atoms with Gasteiger partial charge in [-0.1, -0.05) is 0 Å². The summed E-state index contributed by atoms with van der Waals surface area (Å²) in [6, 6.07) is -0.439. The normalized spacial score (nSPS) is 36.9. The van der Waals surface area contributed by atoms with E-state index in [-0.39, 0.29) is 5.54 Å². The van der Waals surface area contributed by atoms with Gasteiger partial charge in [-0.3, -0.25) is 0 Å². The number of nitrogens with zero attached hydrogens (tertiary/aromatic N) is 2. The summed E-state index contributed by atoms with van der Waals surface area (Å²) in [6.07, 6.45) is 1.87. The van der Waals surface area contributed by atoms with E-state index in [1.165, 1.54) is 0 Å². The molecule has 3 atom stereocenters. The molecule has 4 nitrogen and oxygen atoms in total. The second kappa shape index (κ2) is 3.46. The standard InChI is InChI=1S/C11H20N2O2/c1-11(2,3)13-9(10(14)15)6-8-4-5-12(13)7-8/h8-9H,4-7H2,1-3H3,(H,14,15)/p-1. The van der Waals surface area contributed by atoms with Crippen LogP contribution in [0.15, 0.2) is 0 Å². The predicted octanol–water partition coefficient (Wildman–Crippen LogP) is -0.154. The van der Waals surface area contributed by atoms with E-state index in [1.54, 1.807) is 0 Å². The average molecular weight is 211 g/mol. The molecule has 15 heavy (non-hydrogen) atoms. The Morgan fingerprint density at radius 2 is 2.07 bits per heavy atom. The van der Waals surface area contributed by atoms with E-state index < -0.39 is 12.0 Å². The van der Waals surface area contributed by atoms with Crippen molar-refractivity contribution in [1.82, 2.24) is 10.0 Å². The summed E-state index contributed by atoms with van der Waals surface area (Å²) < 4.78 is 0. The molecule has 2 rings (SSSR count). The summed E-state index contributed by atoms with van der Waals surface area (Å²) in [5.41, 5.74) is -0.139. The third-order valence-corrected chi connectivity index (χ3v) is 3.38. The van der Waals surface area contributed by atoms with Crippen LogP contribution in [0, 0.1) is 5.92 Å². The van der Waals surface area contributed by atoms with Crippen LogP contribution in [-0.4, -0.2) is 40.7 Å². The van der Waals surface area contributed by atoms with Gasteiger partial charge in [-0.25, -0.2) is 10.0 Å². The fourth-order valence-corrected chi connectivity index (χ4v) is 2.90. The Morgan fingerprint density at radius 1 is 1.40 bits per heavy atom. The Balaban J connectivity index is 2.25. The molecule has 0 amide bonds. The van der Waals surface area contributed by atoms with Crippen molar-refractivity contribution in [3.63, 3.8) is 0 Å². The minimum absolute atomic E-state index is 0.139. The highest BCUT2D eigenvalue weighted by Crippen LogP contribution is 2.35. The van der Waals surface area contributed by atoms with E-state index in [0.717, 1.165) is 25.9 Å². The highest BCUT2D eigenvalue weighted by Gasteiger charge is 2.43. The smallest absolute Gasteiger partial charge is 0.0649 e. The number of hydrazine groups is 1. The third-order valence-electron chi connectivity index (χ3n) is 3.38. The second-order valence-corrected chi connectivity index (χ2v) is 5.65. The van der Waals surface area contributed by atoms with Crippen LogP contribution in [0.25, 0.3) is 0 Å². The summed E-state index contributed by atoms with van der Waals surface area (Å²) in [4.78, 5) is 11.2. The molecule has 0 N–H and O–H groups in total. The van der Waals surface area contributed by atoms with Gasteiger partial charge in [-0.2, -0.15) is 0 Å². The zero-order valence-corrected chi connectivity index (χ0v) is 9.69. The zero-order valence-electron chi connectivity index (χ0n) is 9.69. The van der Waals surface area contributed by atoms with E-state index >= 15 is 0 Å². The molecular weight excluding hydrogens is 192 g/mol. The van der Waals surface area contributed by atoms with Gasteiger partial charge in [0.25, 0.3) is 0 Å². The minimum atomic E-state index is -0.929. The van der Waals surface area contributed by atoms with Crippen molar-refractivity contribution in [2.75, 3.05) is 13.1 Å². The van der Waals surface area contributed by atoms with E-state index in [0.29, 0.717) is 5.92 Å². The lowest BCUT2D eigenvalue weighted by molar-refractivity contribution is -0.320. The number of hydrogen-bond acceptors (Lipinski definition) is 4. The van der Waals surface area contributed by atoms with Crippen LogP contribution in [-0.2, 0) is 4.79 Å². The fraction of sp³-hybridized carbons (Fsp3) is 0.909. The van der Waals surface area contributed by atoms with Crippen LogP contribution in [0.1, 0.15) is 33.6 Å². The van der Waals surface area contributed by atoms with E-state index in [4.69, 9.17) is 0 Å². The fourth-order valence-electron chi connectivity index (χ4n) is 2.90. The van der Waals surface area contributed by atoms with Crippen molar-refractivity contribution in [3.05, 3.63) is 0 Å². The monoisotopic (exact) mass is 211 g/mol. The van der Waals surface area contributed by atoms with Crippen molar-refractivity contribution in [2.24, 2.45) is 5.92 Å². The number of carboxylic acids is 1. The van der Waals surface area contributed by atoms with Crippen LogP contribution < -0.4 is 5.11 Å². The van der Waals surface area contributed by atoms with Crippen molar-refractivity contribution in [1.29, 1.82) is 0 Å². The second-order valence-electron chi connectivity index (χ2n) is 5.65. The van der Waals surface area contributed by atoms with Crippen LogP contribution >= 0.6 is 0 Å². The molecular formula is C11H19N2O2-. The van der Waals surface area contributed by atoms with Gasteiger partial charge in [-0.05, 0) is 39.5 Å². The van der Waals surface area contributed by atoms with Crippen molar-refractivity contribution < 1.29 is 9.90 Å². The largest absolute Gasteiger partial charge is 0.548 e. The highest BCUT2D eigenvalue weighted by atomic mass is 16.4. The molecule has 86 valence electrons. The first-order valence-corrected chi connectivity index (χ1v) is 5.64. The molecule has 0 aliphatic carbocycles.